The number of carbonyl (C=O) groups excluding carboxylic acids is 1. The second kappa shape index (κ2) is 8.99. The van der Waals surface area contributed by atoms with E-state index in [-0.39, 0.29) is 11.9 Å². The first kappa shape index (κ1) is 19.3. The van der Waals surface area contributed by atoms with E-state index in [0.29, 0.717) is 31.9 Å². The fraction of sp³-hybridized carbons (Fsp3) is 0.333. The third-order valence-electron chi connectivity index (χ3n) is 4.93. The first-order valence-corrected chi connectivity index (χ1v) is 10.5. The van der Waals surface area contributed by atoms with Crippen molar-refractivity contribution in [2.45, 2.75) is 25.3 Å². The van der Waals surface area contributed by atoms with Crippen LogP contribution in [0.1, 0.15) is 29.8 Å². The van der Waals surface area contributed by atoms with E-state index in [1.54, 1.807) is 21.2 Å². The number of aromatic nitrogens is 3. The van der Waals surface area contributed by atoms with Crippen LogP contribution in [0.3, 0.4) is 0 Å². The van der Waals surface area contributed by atoms with Crippen LogP contribution in [0, 0.1) is 11.3 Å². The number of thiazole rings is 1. The molecule has 148 valence electrons. The third-order valence-corrected chi connectivity index (χ3v) is 5.82. The number of para-hydroxylation sites is 1. The number of nitriles is 1. The van der Waals surface area contributed by atoms with Crippen LogP contribution in [0.25, 0.3) is 16.3 Å². The third kappa shape index (κ3) is 4.36. The SMILES string of the molecule is N#CCCN(C(=O)c1csc(-c2cnn(-c3ccccc3)c2)n1)C1CCOCC1. The lowest BCUT2D eigenvalue weighted by Crippen LogP contribution is -2.44. The van der Waals surface area contributed by atoms with Gasteiger partial charge in [0.1, 0.15) is 10.7 Å². The summed E-state index contributed by atoms with van der Waals surface area (Å²) in [5, 5.41) is 15.9. The van der Waals surface area contributed by atoms with Crippen molar-refractivity contribution in [3.63, 3.8) is 0 Å². The summed E-state index contributed by atoms with van der Waals surface area (Å²) in [5.41, 5.74) is 2.25. The van der Waals surface area contributed by atoms with E-state index in [1.165, 1.54) is 11.3 Å². The number of amides is 1. The Morgan fingerprint density at radius 1 is 1.31 bits per heavy atom. The van der Waals surface area contributed by atoms with Gasteiger partial charge >= 0.3 is 0 Å². The van der Waals surface area contributed by atoms with Gasteiger partial charge in [-0.2, -0.15) is 10.4 Å². The Morgan fingerprint density at radius 3 is 2.86 bits per heavy atom. The summed E-state index contributed by atoms with van der Waals surface area (Å²) < 4.78 is 7.21. The standard InChI is InChI=1S/C21H21N5O2S/c22-9-4-10-25(17-7-11-28-12-8-17)21(27)19-15-29-20(24-19)16-13-23-26(14-16)18-5-2-1-3-6-18/h1-3,5-6,13-15,17H,4,7-8,10-12H2. The summed E-state index contributed by atoms with van der Waals surface area (Å²) >= 11 is 1.43. The molecule has 1 aliphatic heterocycles. The molecule has 0 aliphatic carbocycles. The van der Waals surface area contributed by atoms with Gasteiger partial charge < -0.3 is 9.64 Å². The van der Waals surface area contributed by atoms with Gasteiger partial charge in [0.05, 0.1) is 24.4 Å². The van der Waals surface area contributed by atoms with Crippen molar-refractivity contribution in [3.8, 4) is 22.3 Å². The van der Waals surface area contributed by atoms with Crippen molar-refractivity contribution in [2.75, 3.05) is 19.8 Å². The first-order valence-electron chi connectivity index (χ1n) is 9.58. The number of ether oxygens (including phenoxy) is 1. The van der Waals surface area contributed by atoms with Crippen LogP contribution in [-0.4, -0.2) is 51.4 Å². The Bertz CT molecular complexity index is 1000. The highest BCUT2D eigenvalue weighted by molar-refractivity contribution is 7.13. The van der Waals surface area contributed by atoms with Crippen molar-refractivity contribution < 1.29 is 9.53 Å². The smallest absolute Gasteiger partial charge is 0.273 e. The fourth-order valence-electron chi connectivity index (χ4n) is 3.42. The lowest BCUT2D eigenvalue weighted by Gasteiger charge is -2.33. The molecule has 1 fully saturated rings. The molecule has 0 unspecified atom stereocenters. The molecule has 0 spiro atoms. The lowest BCUT2D eigenvalue weighted by molar-refractivity contribution is 0.0293. The lowest BCUT2D eigenvalue weighted by atomic mass is 10.1. The van der Waals surface area contributed by atoms with Crippen LogP contribution >= 0.6 is 11.3 Å². The van der Waals surface area contributed by atoms with Crippen LogP contribution in [0.15, 0.2) is 48.1 Å². The molecule has 0 bridgehead atoms. The Balaban J connectivity index is 1.53. The molecule has 1 aliphatic rings. The van der Waals surface area contributed by atoms with E-state index >= 15 is 0 Å². The van der Waals surface area contributed by atoms with E-state index in [0.717, 1.165) is 29.1 Å². The van der Waals surface area contributed by atoms with Crippen molar-refractivity contribution >= 4 is 17.2 Å². The summed E-state index contributed by atoms with van der Waals surface area (Å²) in [6.45, 7) is 1.70. The van der Waals surface area contributed by atoms with Crippen molar-refractivity contribution in [1.82, 2.24) is 19.7 Å². The van der Waals surface area contributed by atoms with Gasteiger partial charge in [-0.25, -0.2) is 9.67 Å². The van der Waals surface area contributed by atoms with Crippen molar-refractivity contribution in [3.05, 3.63) is 53.8 Å². The maximum atomic E-state index is 13.1. The summed E-state index contributed by atoms with van der Waals surface area (Å²) in [4.78, 5) is 19.5. The molecule has 4 rings (SSSR count). The fourth-order valence-corrected chi connectivity index (χ4v) is 4.19. The average molecular weight is 407 g/mol. The first-order chi connectivity index (χ1) is 14.3. The van der Waals surface area contributed by atoms with E-state index in [1.807, 2.05) is 36.5 Å². The summed E-state index contributed by atoms with van der Waals surface area (Å²) in [6, 6.07) is 12.1. The van der Waals surface area contributed by atoms with Gasteiger partial charge in [-0.1, -0.05) is 18.2 Å². The molecule has 0 radical (unpaired) electrons. The normalized spacial score (nSPS) is 14.4. The molecule has 29 heavy (non-hydrogen) atoms. The van der Waals surface area contributed by atoms with Crippen LogP contribution in [0.5, 0.6) is 0 Å². The predicted octanol–water partition coefficient (Wildman–Crippen LogP) is 3.53. The van der Waals surface area contributed by atoms with Gasteiger partial charge in [-0.05, 0) is 25.0 Å². The number of carbonyl (C=O) groups is 1. The molecule has 7 nitrogen and oxygen atoms in total. The molecule has 0 atom stereocenters. The monoisotopic (exact) mass is 407 g/mol. The van der Waals surface area contributed by atoms with Crippen LogP contribution < -0.4 is 0 Å². The Labute approximate surface area is 173 Å². The molecular formula is C21H21N5O2S. The van der Waals surface area contributed by atoms with Gasteiger partial charge in [0.15, 0.2) is 0 Å². The molecule has 3 heterocycles. The second-order valence-electron chi connectivity index (χ2n) is 6.80. The zero-order valence-corrected chi connectivity index (χ0v) is 16.7. The van der Waals surface area contributed by atoms with Crippen LogP contribution in [-0.2, 0) is 4.74 Å². The van der Waals surface area contributed by atoms with Gasteiger partial charge in [-0.3, -0.25) is 4.79 Å². The Morgan fingerprint density at radius 2 is 2.10 bits per heavy atom. The van der Waals surface area contributed by atoms with Gasteiger partial charge in [0.2, 0.25) is 0 Å². The summed E-state index contributed by atoms with van der Waals surface area (Å²) in [5.74, 6) is -0.120. The zero-order valence-electron chi connectivity index (χ0n) is 15.9. The molecule has 8 heteroatoms. The van der Waals surface area contributed by atoms with Crippen molar-refractivity contribution in [2.24, 2.45) is 0 Å². The number of hydrogen-bond acceptors (Lipinski definition) is 6. The maximum Gasteiger partial charge on any atom is 0.273 e. The average Bonchev–Trinajstić information content (AvgIpc) is 3.45. The molecule has 1 aromatic carbocycles. The van der Waals surface area contributed by atoms with E-state index < -0.39 is 0 Å². The van der Waals surface area contributed by atoms with E-state index in [9.17, 15) is 4.79 Å². The largest absolute Gasteiger partial charge is 0.381 e. The minimum atomic E-state index is -0.120. The summed E-state index contributed by atoms with van der Waals surface area (Å²) in [6.07, 6.45) is 5.56. The summed E-state index contributed by atoms with van der Waals surface area (Å²) in [7, 11) is 0. The zero-order chi connectivity index (χ0) is 20.1. The van der Waals surface area contributed by atoms with E-state index in [2.05, 4.69) is 16.2 Å². The highest BCUT2D eigenvalue weighted by Gasteiger charge is 2.28. The van der Waals surface area contributed by atoms with Crippen LogP contribution in [0.4, 0.5) is 0 Å². The molecule has 1 saturated heterocycles. The molecule has 0 N–H and O–H groups in total. The van der Waals surface area contributed by atoms with Crippen molar-refractivity contribution in [1.29, 1.82) is 5.26 Å². The molecular weight excluding hydrogens is 386 g/mol. The Hall–Kier alpha value is -3.02. The predicted molar refractivity (Wildman–Crippen MR) is 110 cm³/mol. The Kier molecular flexibility index (Phi) is 5.98. The number of hydrogen-bond donors (Lipinski definition) is 0. The molecule has 1 amide bonds. The molecule has 3 aromatic rings. The topological polar surface area (TPSA) is 84.0 Å². The highest BCUT2D eigenvalue weighted by Crippen LogP contribution is 2.26. The van der Waals surface area contributed by atoms with E-state index in [4.69, 9.17) is 10.00 Å². The van der Waals surface area contributed by atoms with Gasteiger partial charge in [0, 0.05) is 42.9 Å². The quantitative estimate of drug-likeness (QED) is 0.624. The minimum Gasteiger partial charge on any atom is -0.381 e. The maximum absolute atomic E-state index is 13.1. The minimum absolute atomic E-state index is 0.0931. The molecule has 0 saturated carbocycles. The number of rotatable bonds is 6. The van der Waals surface area contributed by atoms with Gasteiger partial charge in [-0.15, -0.1) is 11.3 Å². The molecule has 2 aromatic heterocycles. The second-order valence-corrected chi connectivity index (χ2v) is 7.66. The highest BCUT2D eigenvalue weighted by atomic mass is 32.1. The number of benzene rings is 1. The van der Waals surface area contributed by atoms with Crippen LogP contribution in [0.2, 0.25) is 0 Å². The van der Waals surface area contributed by atoms with Gasteiger partial charge in [0.25, 0.3) is 5.91 Å². The number of nitrogens with zero attached hydrogens (tertiary/aromatic N) is 5.